The van der Waals surface area contributed by atoms with E-state index in [-0.39, 0.29) is 29.8 Å². The summed E-state index contributed by atoms with van der Waals surface area (Å²) in [5.74, 6) is -0.207. The van der Waals surface area contributed by atoms with Crippen molar-refractivity contribution in [2.75, 3.05) is 13.1 Å². The quantitative estimate of drug-likeness (QED) is 0.821. The number of hydrogen-bond donors (Lipinski definition) is 1. The van der Waals surface area contributed by atoms with E-state index in [1.54, 1.807) is 0 Å². The lowest BCUT2D eigenvalue weighted by atomic mass is 9.90. The Morgan fingerprint density at radius 3 is 1.92 bits per heavy atom. The van der Waals surface area contributed by atoms with Gasteiger partial charge in [0.05, 0.1) is 11.1 Å². The smallest absolute Gasteiger partial charge is 0.317 e. The number of piperidine rings is 1. The minimum absolute atomic E-state index is 0.0702. The number of carbonyl (C=O) groups is 1. The largest absolute Gasteiger partial charge is 0.416 e. The normalized spacial score (nSPS) is 17.1. The van der Waals surface area contributed by atoms with Gasteiger partial charge in [0, 0.05) is 12.8 Å². The molecule has 1 heterocycles. The topological polar surface area (TPSA) is 29.1 Å². The molecule has 1 aliphatic heterocycles. The Balaban J connectivity index is 2.17. The van der Waals surface area contributed by atoms with Gasteiger partial charge >= 0.3 is 12.4 Å². The minimum Gasteiger partial charge on any atom is -0.317 e. The van der Waals surface area contributed by atoms with E-state index in [2.05, 4.69) is 5.32 Å². The summed E-state index contributed by atoms with van der Waals surface area (Å²) in [5, 5.41) is 3.12. The average molecular weight is 353 g/mol. The highest BCUT2D eigenvalue weighted by Crippen LogP contribution is 2.36. The van der Waals surface area contributed by atoms with E-state index < -0.39 is 29.9 Å². The Kier molecular flexibility index (Phi) is 5.57. The summed E-state index contributed by atoms with van der Waals surface area (Å²) < 4.78 is 76.7. The second-order valence-electron chi connectivity index (χ2n) is 6.03. The molecule has 24 heavy (non-hydrogen) atoms. The fraction of sp³-hybridized carbons (Fsp3) is 0.562. The standard InChI is InChI=1S/C16H17F6NO/c17-15(18,19)12-5-11(6-13(9-12)16(20,21)22)8-14(24)7-10-1-3-23-4-2-10/h5-6,9-10,23H,1-4,7-8H2. The number of Topliss-reactive ketones (excluding diaryl/α,β-unsaturated/α-hetero) is 1. The van der Waals surface area contributed by atoms with Gasteiger partial charge in [-0.2, -0.15) is 26.3 Å². The molecule has 1 aliphatic rings. The monoisotopic (exact) mass is 353 g/mol. The zero-order chi connectivity index (χ0) is 18.0. The van der Waals surface area contributed by atoms with Crippen LogP contribution in [-0.2, 0) is 23.6 Å². The molecule has 1 aromatic rings. The van der Waals surface area contributed by atoms with Gasteiger partial charge in [0.1, 0.15) is 5.78 Å². The van der Waals surface area contributed by atoms with Crippen molar-refractivity contribution in [3.05, 3.63) is 34.9 Å². The van der Waals surface area contributed by atoms with Crippen LogP contribution < -0.4 is 5.32 Å². The van der Waals surface area contributed by atoms with E-state index in [1.807, 2.05) is 0 Å². The number of halogens is 6. The van der Waals surface area contributed by atoms with E-state index in [9.17, 15) is 31.1 Å². The maximum absolute atomic E-state index is 12.8. The van der Waals surface area contributed by atoms with Gasteiger partial charge in [-0.1, -0.05) is 0 Å². The number of ketones is 1. The molecule has 0 spiro atoms. The van der Waals surface area contributed by atoms with E-state index in [0.29, 0.717) is 12.1 Å². The van der Waals surface area contributed by atoms with Crippen LogP contribution >= 0.6 is 0 Å². The third-order valence-corrected chi connectivity index (χ3v) is 4.02. The third-order valence-electron chi connectivity index (χ3n) is 4.02. The van der Waals surface area contributed by atoms with Crippen LogP contribution in [0.4, 0.5) is 26.3 Å². The molecule has 2 rings (SSSR count). The van der Waals surface area contributed by atoms with Gasteiger partial charge < -0.3 is 5.32 Å². The summed E-state index contributed by atoms with van der Waals surface area (Å²) in [6.45, 7) is 1.53. The Bertz CT molecular complexity index is 555. The molecule has 1 aromatic carbocycles. The number of hydrogen-bond acceptors (Lipinski definition) is 2. The Morgan fingerprint density at radius 2 is 1.46 bits per heavy atom. The zero-order valence-corrected chi connectivity index (χ0v) is 12.7. The molecule has 0 aliphatic carbocycles. The molecular formula is C16H17F6NO. The SMILES string of the molecule is O=C(Cc1cc(C(F)(F)F)cc(C(F)(F)F)c1)CC1CCNCC1. The first-order chi connectivity index (χ1) is 11.1. The van der Waals surface area contributed by atoms with Crippen LogP contribution in [0.3, 0.4) is 0 Å². The van der Waals surface area contributed by atoms with Gasteiger partial charge in [-0.15, -0.1) is 0 Å². The Hall–Kier alpha value is -1.57. The number of nitrogens with one attached hydrogen (secondary N) is 1. The lowest BCUT2D eigenvalue weighted by Gasteiger charge is -2.22. The van der Waals surface area contributed by atoms with Gasteiger partial charge in [-0.05, 0) is 55.6 Å². The molecule has 0 saturated carbocycles. The zero-order valence-electron chi connectivity index (χ0n) is 12.7. The molecule has 0 aromatic heterocycles. The molecule has 1 N–H and O–H groups in total. The number of rotatable bonds is 4. The van der Waals surface area contributed by atoms with Crippen LogP contribution in [0.15, 0.2) is 18.2 Å². The van der Waals surface area contributed by atoms with Crippen molar-refractivity contribution in [3.63, 3.8) is 0 Å². The van der Waals surface area contributed by atoms with Crippen molar-refractivity contribution in [2.24, 2.45) is 5.92 Å². The fourth-order valence-electron chi connectivity index (χ4n) is 2.83. The van der Waals surface area contributed by atoms with Crippen LogP contribution in [0.1, 0.15) is 36.0 Å². The van der Waals surface area contributed by atoms with Crippen LogP contribution in [0.5, 0.6) is 0 Å². The predicted molar refractivity (Wildman–Crippen MR) is 75.4 cm³/mol. The minimum atomic E-state index is -4.89. The van der Waals surface area contributed by atoms with Crippen molar-refractivity contribution >= 4 is 5.78 Å². The van der Waals surface area contributed by atoms with E-state index in [0.717, 1.165) is 25.9 Å². The molecule has 2 nitrogen and oxygen atoms in total. The van der Waals surface area contributed by atoms with Crippen molar-refractivity contribution < 1.29 is 31.1 Å². The third kappa shape index (κ3) is 5.22. The lowest BCUT2D eigenvalue weighted by molar-refractivity contribution is -0.143. The Labute approximate surface area is 135 Å². The second kappa shape index (κ2) is 7.13. The molecule has 134 valence electrons. The summed E-state index contributed by atoms with van der Waals surface area (Å²) in [4.78, 5) is 12.0. The lowest BCUT2D eigenvalue weighted by Crippen LogP contribution is -2.29. The van der Waals surface area contributed by atoms with E-state index in [1.165, 1.54) is 0 Å². The highest BCUT2D eigenvalue weighted by Gasteiger charge is 2.37. The van der Waals surface area contributed by atoms with Gasteiger partial charge in [0.25, 0.3) is 0 Å². The molecule has 0 radical (unpaired) electrons. The maximum atomic E-state index is 12.8. The summed E-state index contributed by atoms with van der Waals surface area (Å²) in [7, 11) is 0. The van der Waals surface area contributed by atoms with Gasteiger partial charge in [-0.25, -0.2) is 0 Å². The van der Waals surface area contributed by atoms with Crippen LogP contribution in [0.25, 0.3) is 0 Å². The summed E-state index contributed by atoms with van der Waals surface area (Å²) >= 11 is 0. The summed E-state index contributed by atoms with van der Waals surface area (Å²) in [5.41, 5.74) is -3.03. The van der Waals surface area contributed by atoms with Crippen molar-refractivity contribution in [1.29, 1.82) is 0 Å². The summed E-state index contributed by atoms with van der Waals surface area (Å²) in [6.07, 6.45) is -8.47. The first-order valence-corrected chi connectivity index (χ1v) is 7.56. The fourth-order valence-corrected chi connectivity index (χ4v) is 2.83. The predicted octanol–water partition coefficient (Wildman–Crippen LogP) is 4.23. The summed E-state index contributed by atoms with van der Waals surface area (Å²) in [6, 6.07) is 1.31. The average Bonchev–Trinajstić information content (AvgIpc) is 2.46. The maximum Gasteiger partial charge on any atom is 0.416 e. The van der Waals surface area contributed by atoms with Crippen molar-refractivity contribution in [1.82, 2.24) is 5.32 Å². The molecule has 0 bridgehead atoms. The molecule has 0 unspecified atom stereocenters. The first kappa shape index (κ1) is 18.8. The highest BCUT2D eigenvalue weighted by atomic mass is 19.4. The molecule has 1 saturated heterocycles. The molecule has 0 atom stereocenters. The van der Waals surface area contributed by atoms with Crippen LogP contribution in [0, 0.1) is 5.92 Å². The number of alkyl halides is 6. The van der Waals surface area contributed by atoms with Crippen LogP contribution in [0.2, 0.25) is 0 Å². The first-order valence-electron chi connectivity index (χ1n) is 7.56. The molecular weight excluding hydrogens is 336 g/mol. The van der Waals surface area contributed by atoms with E-state index in [4.69, 9.17) is 0 Å². The van der Waals surface area contributed by atoms with Gasteiger partial charge in [0.15, 0.2) is 0 Å². The van der Waals surface area contributed by atoms with Crippen LogP contribution in [-0.4, -0.2) is 18.9 Å². The molecule has 1 fully saturated rings. The molecule has 8 heteroatoms. The Morgan fingerprint density at radius 1 is 0.958 bits per heavy atom. The van der Waals surface area contributed by atoms with Gasteiger partial charge in [0.2, 0.25) is 0 Å². The van der Waals surface area contributed by atoms with Gasteiger partial charge in [-0.3, -0.25) is 4.79 Å². The number of benzene rings is 1. The van der Waals surface area contributed by atoms with Crippen molar-refractivity contribution in [3.8, 4) is 0 Å². The molecule has 0 amide bonds. The highest BCUT2D eigenvalue weighted by molar-refractivity contribution is 5.81. The van der Waals surface area contributed by atoms with Crippen molar-refractivity contribution in [2.45, 2.75) is 38.0 Å². The number of carbonyl (C=O) groups excluding carboxylic acids is 1. The van der Waals surface area contributed by atoms with E-state index >= 15 is 0 Å². The second-order valence-corrected chi connectivity index (χ2v) is 6.03.